The fourth-order valence-electron chi connectivity index (χ4n) is 4.42. The summed E-state index contributed by atoms with van der Waals surface area (Å²) in [7, 11) is 0. The Morgan fingerprint density at radius 2 is 1.67 bits per heavy atom. The molecule has 0 spiro atoms. The number of hydrogen-bond acceptors (Lipinski definition) is 1. The van der Waals surface area contributed by atoms with Crippen molar-refractivity contribution in [3.05, 3.63) is 35.4 Å². The van der Waals surface area contributed by atoms with Gasteiger partial charge in [0, 0.05) is 6.04 Å². The van der Waals surface area contributed by atoms with E-state index in [1.165, 1.54) is 38.5 Å². The van der Waals surface area contributed by atoms with E-state index in [2.05, 4.69) is 31.2 Å². The van der Waals surface area contributed by atoms with E-state index in [1.807, 2.05) is 0 Å². The van der Waals surface area contributed by atoms with Gasteiger partial charge >= 0.3 is 0 Å². The highest BCUT2D eigenvalue weighted by Gasteiger charge is 2.41. The minimum absolute atomic E-state index is 0.432. The zero-order valence-corrected chi connectivity index (χ0v) is 11.4. The maximum Gasteiger partial charge on any atom is 0.00725 e. The molecule has 0 aliphatic heterocycles. The number of nitrogens with two attached hydrogens (primary N) is 1. The molecule has 3 rings (SSSR count). The van der Waals surface area contributed by atoms with Crippen LogP contribution in [-0.2, 0) is 12.8 Å². The highest BCUT2D eigenvalue weighted by molar-refractivity contribution is 5.30. The molecule has 1 saturated carbocycles. The van der Waals surface area contributed by atoms with Crippen molar-refractivity contribution in [3.63, 3.8) is 0 Å². The molecule has 1 heteroatoms. The van der Waals surface area contributed by atoms with Crippen LogP contribution in [0.25, 0.3) is 0 Å². The monoisotopic (exact) mass is 243 g/mol. The Labute approximate surface area is 111 Å². The van der Waals surface area contributed by atoms with Crippen LogP contribution in [0.15, 0.2) is 24.3 Å². The minimum Gasteiger partial charge on any atom is -0.327 e. The molecule has 2 bridgehead atoms. The number of hydrogen-bond donors (Lipinski definition) is 1. The van der Waals surface area contributed by atoms with E-state index in [-0.39, 0.29) is 0 Å². The third kappa shape index (κ3) is 2.09. The van der Waals surface area contributed by atoms with E-state index >= 15 is 0 Å². The normalized spacial score (nSPS) is 31.8. The maximum atomic E-state index is 6.48. The van der Waals surface area contributed by atoms with Gasteiger partial charge in [0.05, 0.1) is 0 Å². The van der Waals surface area contributed by atoms with Crippen LogP contribution in [0.2, 0.25) is 0 Å². The van der Waals surface area contributed by atoms with Gasteiger partial charge in [-0.15, -0.1) is 0 Å². The van der Waals surface area contributed by atoms with E-state index in [0.29, 0.717) is 6.04 Å². The average Bonchev–Trinajstić information content (AvgIpc) is 2.65. The van der Waals surface area contributed by atoms with Gasteiger partial charge in [0.1, 0.15) is 0 Å². The first-order chi connectivity index (χ1) is 8.79. The van der Waals surface area contributed by atoms with Crippen molar-refractivity contribution >= 4 is 0 Å². The first-order valence-electron chi connectivity index (χ1n) is 7.62. The largest absolute Gasteiger partial charge is 0.327 e. The van der Waals surface area contributed by atoms with Crippen molar-refractivity contribution < 1.29 is 0 Å². The van der Waals surface area contributed by atoms with Crippen molar-refractivity contribution in [1.29, 1.82) is 0 Å². The molecule has 0 radical (unpaired) electrons. The molecule has 18 heavy (non-hydrogen) atoms. The van der Waals surface area contributed by atoms with Gasteiger partial charge in [-0.1, -0.05) is 37.6 Å². The Bertz CT molecular complexity index is 379. The van der Waals surface area contributed by atoms with Crippen molar-refractivity contribution in [3.8, 4) is 0 Å². The van der Waals surface area contributed by atoms with Gasteiger partial charge in [-0.3, -0.25) is 0 Å². The summed E-state index contributed by atoms with van der Waals surface area (Å²) >= 11 is 0. The summed E-state index contributed by atoms with van der Waals surface area (Å²) in [6, 6.07) is 9.48. The number of rotatable bonds is 3. The van der Waals surface area contributed by atoms with Gasteiger partial charge in [-0.05, 0) is 61.0 Å². The van der Waals surface area contributed by atoms with E-state index in [4.69, 9.17) is 5.73 Å². The summed E-state index contributed by atoms with van der Waals surface area (Å²) in [5, 5.41) is 0. The Kier molecular flexibility index (Phi) is 3.43. The van der Waals surface area contributed by atoms with Crippen LogP contribution < -0.4 is 5.73 Å². The molecule has 3 atom stereocenters. The first-order valence-corrected chi connectivity index (χ1v) is 7.62. The summed E-state index contributed by atoms with van der Waals surface area (Å²) in [5.74, 6) is 2.47. The van der Waals surface area contributed by atoms with Crippen LogP contribution in [0.1, 0.15) is 43.7 Å². The zero-order valence-electron chi connectivity index (χ0n) is 11.4. The van der Waals surface area contributed by atoms with Gasteiger partial charge in [-0.2, -0.15) is 0 Å². The van der Waals surface area contributed by atoms with Crippen molar-refractivity contribution in [1.82, 2.24) is 0 Å². The molecular weight excluding hydrogens is 218 g/mol. The molecule has 1 fully saturated rings. The average molecular weight is 243 g/mol. The molecule has 1 aromatic rings. The minimum atomic E-state index is 0.432. The third-order valence-electron chi connectivity index (χ3n) is 5.20. The number of benzene rings is 1. The Morgan fingerprint density at radius 1 is 1.11 bits per heavy atom. The molecule has 1 aromatic carbocycles. The summed E-state index contributed by atoms with van der Waals surface area (Å²) in [6.07, 6.45) is 7.78. The highest BCUT2D eigenvalue weighted by atomic mass is 14.7. The molecule has 3 unspecified atom stereocenters. The van der Waals surface area contributed by atoms with E-state index < -0.39 is 0 Å². The molecule has 1 nitrogen and oxygen atoms in total. The Hall–Kier alpha value is -0.820. The van der Waals surface area contributed by atoms with Gasteiger partial charge < -0.3 is 5.73 Å². The lowest BCUT2D eigenvalue weighted by Gasteiger charge is -2.28. The molecule has 0 aromatic heterocycles. The lowest BCUT2D eigenvalue weighted by molar-refractivity contribution is 0.253. The lowest BCUT2D eigenvalue weighted by atomic mass is 9.80. The molecule has 2 N–H and O–H groups in total. The van der Waals surface area contributed by atoms with Crippen LogP contribution in [0.5, 0.6) is 0 Å². The predicted octanol–water partition coefficient (Wildman–Crippen LogP) is 3.56. The van der Waals surface area contributed by atoms with Gasteiger partial charge in [0.2, 0.25) is 0 Å². The summed E-state index contributed by atoms with van der Waals surface area (Å²) in [5.41, 5.74) is 9.68. The quantitative estimate of drug-likeness (QED) is 0.863. The molecule has 0 saturated heterocycles. The van der Waals surface area contributed by atoms with E-state index in [9.17, 15) is 0 Å². The smallest absolute Gasteiger partial charge is 0.00725 e. The fourth-order valence-corrected chi connectivity index (χ4v) is 4.42. The van der Waals surface area contributed by atoms with E-state index in [1.54, 1.807) is 11.1 Å². The topological polar surface area (TPSA) is 26.0 Å². The van der Waals surface area contributed by atoms with Crippen LogP contribution in [0.3, 0.4) is 0 Å². The summed E-state index contributed by atoms with van der Waals surface area (Å²) in [6.45, 7) is 2.26. The zero-order chi connectivity index (χ0) is 12.5. The molecule has 2 aliphatic rings. The summed E-state index contributed by atoms with van der Waals surface area (Å²) in [4.78, 5) is 0. The van der Waals surface area contributed by atoms with Crippen LogP contribution in [0.4, 0.5) is 0 Å². The molecule has 2 aliphatic carbocycles. The second kappa shape index (κ2) is 5.05. The van der Waals surface area contributed by atoms with Crippen molar-refractivity contribution in [2.45, 2.75) is 51.5 Å². The van der Waals surface area contributed by atoms with Crippen molar-refractivity contribution in [2.24, 2.45) is 23.5 Å². The molecule has 0 amide bonds. The number of fused-ring (bicyclic) bond motifs is 3. The molecule has 0 heterocycles. The van der Waals surface area contributed by atoms with E-state index in [0.717, 1.165) is 17.8 Å². The second-order valence-electron chi connectivity index (χ2n) is 6.30. The van der Waals surface area contributed by atoms with Gasteiger partial charge in [-0.25, -0.2) is 0 Å². The standard InChI is InChI=1S/C17H25N/c1-2-5-16(18)17-14-8-9-15(17)11-13-7-4-3-6-12(13)10-14/h3-4,6-7,14-17H,2,5,8-11,18H2,1H3. The maximum absolute atomic E-state index is 6.48. The SMILES string of the molecule is CCCC(N)C1C2CCC1Cc1ccccc1C2. The predicted molar refractivity (Wildman–Crippen MR) is 76.4 cm³/mol. The van der Waals surface area contributed by atoms with Crippen LogP contribution >= 0.6 is 0 Å². The Balaban J connectivity index is 1.86. The van der Waals surface area contributed by atoms with Gasteiger partial charge in [0.25, 0.3) is 0 Å². The first kappa shape index (κ1) is 12.2. The van der Waals surface area contributed by atoms with Gasteiger partial charge in [0.15, 0.2) is 0 Å². The van der Waals surface area contributed by atoms with Crippen molar-refractivity contribution in [2.75, 3.05) is 0 Å². The Morgan fingerprint density at radius 3 is 2.17 bits per heavy atom. The van der Waals surface area contributed by atoms with Crippen LogP contribution in [-0.4, -0.2) is 6.04 Å². The highest BCUT2D eigenvalue weighted by Crippen LogP contribution is 2.46. The lowest BCUT2D eigenvalue weighted by Crippen LogP contribution is -2.36. The molecule has 98 valence electrons. The third-order valence-corrected chi connectivity index (χ3v) is 5.20. The van der Waals surface area contributed by atoms with Crippen LogP contribution in [0, 0.1) is 17.8 Å². The molecular formula is C17H25N. The fraction of sp³-hybridized carbons (Fsp3) is 0.647. The summed E-state index contributed by atoms with van der Waals surface area (Å²) < 4.78 is 0. The second-order valence-corrected chi connectivity index (χ2v) is 6.30.